The second kappa shape index (κ2) is 9.93. The number of fused-ring (bicyclic) bond motifs is 3. The number of benzene rings is 3. The second-order valence-electron chi connectivity index (χ2n) is 8.59. The third kappa shape index (κ3) is 4.21. The van der Waals surface area contributed by atoms with Crippen LogP contribution >= 0.6 is 0 Å². The summed E-state index contributed by atoms with van der Waals surface area (Å²) >= 11 is 0. The van der Waals surface area contributed by atoms with Crippen molar-refractivity contribution in [2.24, 2.45) is 0 Å². The first kappa shape index (κ1) is 24.9. The number of hydrogen-bond acceptors (Lipinski definition) is 9. The molecule has 2 aliphatic heterocycles. The Kier molecular flexibility index (Phi) is 6.50. The number of Topliss-reactive ketones (excluding diaryl/α,β-unsaturated/α-hetero) is 1. The minimum atomic E-state index is -0.539. The molecule has 9 heteroatoms. The first-order valence-electron chi connectivity index (χ1n) is 11.7. The van der Waals surface area contributed by atoms with E-state index in [0.717, 1.165) is 0 Å². The van der Waals surface area contributed by atoms with Gasteiger partial charge < -0.3 is 28.4 Å². The van der Waals surface area contributed by atoms with Gasteiger partial charge in [-0.05, 0) is 42.0 Å². The van der Waals surface area contributed by atoms with Crippen molar-refractivity contribution in [2.45, 2.75) is 12.3 Å². The van der Waals surface area contributed by atoms with Crippen LogP contribution in [0.3, 0.4) is 0 Å². The summed E-state index contributed by atoms with van der Waals surface area (Å²) in [5.74, 6) is 0.414. The summed E-state index contributed by atoms with van der Waals surface area (Å²) in [5, 5.41) is 0. The molecule has 0 aliphatic carbocycles. The van der Waals surface area contributed by atoms with E-state index in [1.54, 1.807) is 54.6 Å². The van der Waals surface area contributed by atoms with Gasteiger partial charge in [0.05, 0.1) is 46.0 Å². The first-order chi connectivity index (χ1) is 18.4. The summed E-state index contributed by atoms with van der Waals surface area (Å²) in [7, 11) is 5.87. The molecule has 0 saturated carbocycles. The fourth-order valence-electron chi connectivity index (χ4n) is 4.68. The molecule has 0 amide bonds. The third-order valence-corrected chi connectivity index (χ3v) is 6.52. The van der Waals surface area contributed by atoms with Crippen molar-refractivity contribution in [1.29, 1.82) is 0 Å². The highest BCUT2D eigenvalue weighted by Gasteiger charge is 2.39. The van der Waals surface area contributed by atoms with Crippen LogP contribution in [0, 0.1) is 0 Å². The Balaban J connectivity index is 1.59. The lowest BCUT2D eigenvalue weighted by Crippen LogP contribution is -2.22. The quantitative estimate of drug-likeness (QED) is 0.265. The number of allylic oxidation sites excluding steroid dienone is 1. The molecule has 0 N–H and O–H groups in total. The molecule has 194 valence electrons. The molecule has 0 bridgehead atoms. The van der Waals surface area contributed by atoms with Crippen molar-refractivity contribution in [3.05, 3.63) is 82.1 Å². The molecule has 0 aromatic heterocycles. The Hall–Kier alpha value is -4.79. The summed E-state index contributed by atoms with van der Waals surface area (Å²) in [6.45, 7) is 0. The van der Waals surface area contributed by atoms with Gasteiger partial charge in [0.1, 0.15) is 17.2 Å². The summed E-state index contributed by atoms with van der Waals surface area (Å²) in [6, 6.07) is 13.2. The van der Waals surface area contributed by atoms with E-state index in [1.807, 2.05) is 0 Å². The summed E-state index contributed by atoms with van der Waals surface area (Å²) in [5.41, 5.74) is 2.61. The number of ether oxygens (including phenoxy) is 6. The maximum Gasteiger partial charge on any atom is 0.337 e. The third-order valence-electron chi connectivity index (χ3n) is 6.52. The van der Waals surface area contributed by atoms with Crippen LogP contribution in [0.25, 0.3) is 6.08 Å². The molecule has 0 spiro atoms. The largest absolute Gasteiger partial charge is 0.496 e. The van der Waals surface area contributed by atoms with Gasteiger partial charge in [0.2, 0.25) is 5.78 Å². The van der Waals surface area contributed by atoms with Gasteiger partial charge >= 0.3 is 11.9 Å². The van der Waals surface area contributed by atoms with Gasteiger partial charge in [0, 0.05) is 23.1 Å². The van der Waals surface area contributed by atoms with E-state index >= 15 is 0 Å². The van der Waals surface area contributed by atoms with E-state index in [9.17, 15) is 14.4 Å². The molecule has 1 atom stereocenters. The summed E-state index contributed by atoms with van der Waals surface area (Å²) in [4.78, 5) is 37.6. The van der Waals surface area contributed by atoms with E-state index in [0.29, 0.717) is 56.6 Å². The number of carbonyl (C=O) groups is 3. The topological polar surface area (TPSA) is 107 Å². The average molecular weight is 517 g/mol. The van der Waals surface area contributed by atoms with Crippen LogP contribution in [0.1, 0.15) is 49.7 Å². The Morgan fingerprint density at radius 3 is 2.21 bits per heavy atom. The summed E-state index contributed by atoms with van der Waals surface area (Å²) < 4.78 is 32.9. The van der Waals surface area contributed by atoms with Gasteiger partial charge in [-0.3, -0.25) is 9.59 Å². The fraction of sp³-hybridized carbons (Fsp3) is 0.207. The Labute approximate surface area is 218 Å². The van der Waals surface area contributed by atoms with Crippen LogP contribution in [0.4, 0.5) is 0 Å². The molecule has 38 heavy (non-hydrogen) atoms. The zero-order valence-corrected chi connectivity index (χ0v) is 21.2. The predicted molar refractivity (Wildman–Crippen MR) is 135 cm³/mol. The molecule has 2 aliphatic rings. The Morgan fingerprint density at radius 2 is 1.55 bits per heavy atom. The van der Waals surface area contributed by atoms with Crippen LogP contribution in [-0.4, -0.2) is 46.2 Å². The Morgan fingerprint density at radius 1 is 0.868 bits per heavy atom. The lowest BCUT2D eigenvalue weighted by molar-refractivity contribution is -0.135. The zero-order valence-electron chi connectivity index (χ0n) is 21.2. The van der Waals surface area contributed by atoms with E-state index in [1.165, 1.54) is 28.4 Å². The van der Waals surface area contributed by atoms with Crippen molar-refractivity contribution in [3.63, 3.8) is 0 Å². The molecule has 2 heterocycles. The van der Waals surface area contributed by atoms with Gasteiger partial charge in [0.25, 0.3) is 0 Å². The number of esters is 2. The molecule has 3 aromatic rings. The highest BCUT2D eigenvalue weighted by molar-refractivity contribution is 6.15. The van der Waals surface area contributed by atoms with Gasteiger partial charge in [0.15, 0.2) is 17.3 Å². The summed E-state index contributed by atoms with van der Waals surface area (Å²) in [6.07, 6.45) is 1.59. The van der Waals surface area contributed by atoms with Crippen molar-refractivity contribution in [3.8, 4) is 28.7 Å². The number of methoxy groups -OCH3 is 4. The highest BCUT2D eigenvalue weighted by Crippen LogP contribution is 2.51. The van der Waals surface area contributed by atoms with E-state index in [4.69, 9.17) is 28.4 Å². The lowest BCUT2D eigenvalue weighted by atomic mass is 9.84. The number of carbonyl (C=O) groups excluding carboxylic acids is 3. The molecular formula is C29H24O9. The number of hydrogen-bond donors (Lipinski definition) is 0. The maximum atomic E-state index is 13.3. The zero-order chi connectivity index (χ0) is 27.0. The van der Waals surface area contributed by atoms with Crippen molar-refractivity contribution in [1.82, 2.24) is 0 Å². The fourth-order valence-corrected chi connectivity index (χ4v) is 4.68. The maximum absolute atomic E-state index is 13.3. The molecule has 9 nitrogen and oxygen atoms in total. The monoisotopic (exact) mass is 516 g/mol. The Bertz CT molecular complexity index is 1480. The molecule has 0 radical (unpaired) electrons. The van der Waals surface area contributed by atoms with Gasteiger partial charge in [-0.15, -0.1) is 0 Å². The van der Waals surface area contributed by atoms with Gasteiger partial charge in [-0.1, -0.05) is 12.1 Å². The molecule has 1 unspecified atom stereocenters. The second-order valence-corrected chi connectivity index (χ2v) is 8.59. The lowest BCUT2D eigenvalue weighted by Gasteiger charge is -2.28. The van der Waals surface area contributed by atoms with E-state index in [-0.39, 0.29) is 18.0 Å². The standard InChI is InChI=1S/C29H24O9/c1-33-21-14-23(35-3)22(34-2)12-18(21)19-13-25(30)37-20-10-9-17-27(31)24(38-28(17)26(19)20)11-15-5-7-16(8-6-15)29(32)36-4/h5-12,14,19H,13H2,1-4H3. The minimum absolute atomic E-state index is 0.000878. The molecular weight excluding hydrogens is 492 g/mol. The van der Waals surface area contributed by atoms with Crippen molar-refractivity contribution in [2.75, 3.05) is 28.4 Å². The van der Waals surface area contributed by atoms with Crippen LogP contribution in [-0.2, 0) is 9.53 Å². The van der Waals surface area contributed by atoms with Crippen LogP contribution in [0.15, 0.2) is 54.3 Å². The van der Waals surface area contributed by atoms with E-state index < -0.39 is 17.9 Å². The highest BCUT2D eigenvalue weighted by atomic mass is 16.5. The van der Waals surface area contributed by atoms with Crippen molar-refractivity contribution >= 4 is 23.8 Å². The molecule has 0 fully saturated rings. The smallest absolute Gasteiger partial charge is 0.337 e. The van der Waals surface area contributed by atoms with Crippen LogP contribution in [0.5, 0.6) is 28.7 Å². The molecule has 5 rings (SSSR count). The normalized spacial score (nSPS) is 16.7. The molecule has 0 saturated heterocycles. The molecule has 3 aromatic carbocycles. The number of ketones is 1. The van der Waals surface area contributed by atoms with Crippen molar-refractivity contribution < 1.29 is 42.8 Å². The first-order valence-corrected chi connectivity index (χ1v) is 11.7. The average Bonchev–Trinajstić information content (AvgIpc) is 3.26. The number of rotatable bonds is 6. The van der Waals surface area contributed by atoms with Crippen LogP contribution in [0.2, 0.25) is 0 Å². The van der Waals surface area contributed by atoms with E-state index in [2.05, 4.69) is 0 Å². The van der Waals surface area contributed by atoms with Crippen LogP contribution < -0.4 is 23.7 Å². The van der Waals surface area contributed by atoms with Gasteiger partial charge in [-0.25, -0.2) is 4.79 Å². The minimum Gasteiger partial charge on any atom is -0.496 e. The van der Waals surface area contributed by atoms with Gasteiger partial charge in [-0.2, -0.15) is 0 Å². The predicted octanol–water partition coefficient (Wildman–Crippen LogP) is 4.56. The SMILES string of the molecule is COC(=O)c1ccc(C=C2Oc3c(ccc4c3C(c3cc(OC)c(OC)cc3OC)CC(=O)O4)C2=O)cc1.